The van der Waals surface area contributed by atoms with Crippen LogP contribution in [-0.2, 0) is 48.2 Å². The summed E-state index contributed by atoms with van der Waals surface area (Å²) in [5, 5.41) is 17.4. The number of ether oxygens (including phenoxy) is 4. The summed E-state index contributed by atoms with van der Waals surface area (Å²) in [6.07, 6.45) is 7.16. The minimum atomic E-state index is -6.04. The number of aliphatic hydroxyl groups is 2. The van der Waals surface area contributed by atoms with Crippen molar-refractivity contribution in [2.75, 3.05) is 13.2 Å². The van der Waals surface area contributed by atoms with Crippen molar-refractivity contribution in [2.45, 2.75) is 138 Å². The van der Waals surface area contributed by atoms with Crippen LogP contribution in [0.1, 0.15) is 109 Å². The Morgan fingerprint density at radius 2 is 1.06 bits per heavy atom. The van der Waals surface area contributed by atoms with E-state index >= 15 is 0 Å². The molecule has 0 aromatic rings. The Balaban J connectivity index is 0.894. The van der Waals surface area contributed by atoms with Gasteiger partial charge in [-0.05, 0) is 151 Å². The van der Waals surface area contributed by atoms with Gasteiger partial charge in [0.2, 0.25) is 0 Å². The van der Waals surface area contributed by atoms with E-state index in [1.165, 1.54) is 0 Å². The molecule has 0 aliphatic heterocycles. The molecule has 13 nitrogen and oxygen atoms in total. The molecular weight excluding hydrogens is 734 g/mol. The first-order chi connectivity index (χ1) is 25.2. The Bertz CT molecular complexity index is 1700. The van der Waals surface area contributed by atoms with Crippen molar-refractivity contribution in [2.24, 2.45) is 57.7 Å². The molecule has 0 aromatic heterocycles. The highest BCUT2D eigenvalue weighted by molar-refractivity contribution is 7.87. The summed E-state index contributed by atoms with van der Waals surface area (Å²) in [4.78, 5) is 54.1. The van der Waals surface area contributed by atoms with E-state index in [1.54, 1.807) is 0 Å². The van der Waals surface area contributed by atoms with Crippen LogP contribution in [0, 0.1) is 57.7 Å². The Kier molecular flexibility index (Phi) is 8.29. The van der Waals surface area contributed by atoms with Crippen LogP contribution >= 0.6 is 0 Å². The molecule has 12 rings (SSSR count). The van der Waals surface area contributed by atoms with Gasteiger partial charge >= 0.3 is 39.2 Å². The van der Waals surface area contributed by atoms with Gasteiger partial charge < -0.3 is 29.2 Å². The van der Waals surface area contributed by atoms with Crippen molar-refractivity contribution in [1.29, 1.82) is 0 Å². The molecule has 16 heteroatoms. The maximum atomic E-state index is 14.1. The van der Waals surface area contributed by atoms with Crippen molar-refractivity contribution < 1.29 is 70.1 Å². The van der Waals surface area contributed by atoms with Gasteiger partial charge in [-0.15, -0.1) is 0 Å². The number of esters is 4. The Hall–Kier alpha value is -2.43. The standard InChI is InChI=1S/C38H50F2O13S/c39-38(40,54(47,48)49)32(44)53-28-25-3-20-4-26(28)15-33(5-20,14-25)29(41)50-16-27(52-31(43)35-8-23-2-24(9-35)13-37(46,12-23)19-35)17-51-30(42)34-6-21-1-22(7-34)11-36(45,10-21)18-34/h20-28,45-46H,1-19H2,(H,47,48,49). The van der Waals surface area contributed by atoms with Gasteiger partial charge in [-0.2, -0.15) is 17.2 Å². The fourth-order valence-electron chi connectivity index (χ4n) is 14.7. The number of hydrogen-bond acceptors (Lipinski definition) is 12. The zero-order valence-electron chi connectivity index (χ0n) is 30.2. The minimum Gasteiger partial charge on any atom is -0.461 e. The van der Waals surface area contributed by atoms with Crippen molar-refractivity contribution in [3.63, 3.8) is 0 Å². The van der Waals surface area contributed by atoms with Gasteiger partial charge in [0.25, 0.3) is 0 Å². The van der Waals surface area contributed by atoms with Gasteiger partial charge in [0.15, 0.2) is 6.10 Å². The van der Waals surface area contributed by atoms with E-state index in [0.717, 1.165) is 12.8 Å². The molecule has 12 fully saturated rings. The normalized spacial score (nSPS) is 47.0. The number of alkyl halides is 2. The van der Waals surface area contributed by atoms with Crippen LogP contribution < -0.4 is 0 Å². The van der Waals surface area contributed by atoms with Crippen LogP contribution in [0.3, 0.4) is 0 Å². The van der Waals surface area contributed by atoms with Gasteiger partial charge in [0.1, 0.15) is 19.3 Å². The number of carbonyl (C=O) groups is 4. The second-order valence-corrected chi connectivity index (χ2v) is 21.2. The van der Waals surface area contributed by atoms with Crippen LogP contribution in [0.4, 0.5) is 8.78 Å². The monoisotopic (exact) mass is 784 g/mol. The molecule has 0 aromatic carbocycles. The minimum absolute atomic E-state index is 0.0126. The number of carbonyl (C=O) groups excluding carboxylic acids is 4. The van der Waals surface area contributed by atoms with Gasteiger partial charge in [-0.3, -0.25) is 18.9 Å². The first-order valence-corrected chi connectivity index (χ1v) is 21.2. The molecule has 12 bridgehead atoms. The number of hydrogen-bond donors (Lipinski definition) is 3. The van der Waals surface area contributed by atoms with Crippen molar-refractivity contribution in [3.05, 3.63) is 0 Å². The van der Waals surface area contributed by atoms with Crippen LogP contribution in [0.2, 0.25) is 0 Å². The van der Waals surface area contributed by atoms with Crippen LogP contribution in [0.25, 0.3) is 0 Å². The topological polar surface area (TPSA) is 200 Å². The highest BCUT2D eigenvalue weighted by Gasteiger charge is 2.65. The lowest BCUT2D eigenvalue weighted by Crippen LogP contribution is -2.59. The molecule has 54 heavy (non-hydrogen) atoms. The van der Waals surface area contributed by atoms with E-state index < -0.39 is 97.3 Å². The van der Waals surface area contributed by atoms with Gasteiger partial charge in [-0.1, -0.05) is 0 Å². The summed E-state index contributed by atoms with van der Waals surface area (Å²) in [7, 11) is -6.04. The largest absolute Gasteiger partial charge is 0.465 e. The zero-order valence-corrected chi connectivity index (χ0v) is 31.0. The fraction of sp³-hybridized carbons (Fsp3) is 0.895. The van der Waals surface area contributed by atoms with Crippen molar-refractivity contribution in [3.8, 4) is 0 Å². The van der Waals surface area contributed by atoms with E-state index in [0.29, 0.717) is 77.0 Å². The Morgan fingerprint density at radius 3 is 1.50 bits per heavy atom. The molecule has 0 heterocycles. The molecular formula is C38H50F2O13S. The average molecular weight is 785 g/mol. The van der Waals surface area contributed by atoms with E-state index in [4.69, 9.17) is 23.5 Å². The molecule has 300 valence electrons. The molecule has 0 spiro atoms. The molecule has 3 N–H and O–H groups in total. The van der Waals surface area contributed by atoms with Crippen molar-refractivity contribution in [1.82, 2.24) is 0 Å². The summed E-state index contributed by atoms with van der Waals surface area (Å²) in [6.45, 7) is -0.768. The number of rotatable bonds is 11. The predicted molar refractivity (Wildman–Crippen MR) is 178 cm³/mol. The summed E-state index contributed by atoms with van der Waals surface area (Å²) < 4.78 is 82.3. The van der Waals surface area contributed by atoms with E-state index in [1.807, 2.05) is 0 Å². The van der Waals surface area contributed by atoms with Crippen LogP contribution in [-0.4, -0.2) is 88.9 Å². The van der Waals surface area contributed by atoms with Gasteiger partial charge in [-0.25, -0.2) is 4.79 Å². The molecule has 0 radical (unpaired) electrons. The highest BCUT2D eigenvalue weighted by Crippen LogP contribution is 2.64. The first kappa shape index (κ1) is 37.2. The molecule has 7 unspecified atom stereocenters. The molecule has 0 saturated heterocycles. The third kappa shape index (κ3) is 6.00. The van der Waals surface area contributed by atoms with E-state index in [2.05, 4.69) is 0 Å². The zero-order chi connectivity index (χ0) is 38.3. The third-order valence-corrected chi connectivity index (χ3v) is 16.2. The van der Waals surface area contributed by atoms with Crippen molar-refractivity contribution >= 4 is 34.0 Å². The molecule has 12 aliphatic rings. The first-order valence-electron chi connectivity index (χ1n) is 19.8. The highest BCUT2D eigenvalue weighted by atomic mass is 32.2. The van der Waals surface area contributed by atoms with Crippen LogP contribution in [0.15, 0.2) is 0 Å². The Labute approximate surface area is 312 Å². The second kappa shape index (κ2) is 12.0. The fourth-order valence-corrected chi connectivity index (χ4v) is 14.9. The quantitative estimate of drug-likeness (QED) is 0.155. The smallest absolute Gasteiger partial charge is 0.461 e. The summed E-state index contributed by atoms with van der Waals surface area (Å²) >= 11 is 0. The molecule has 12 aliphatic carbocycles. The van der Waals surface area contributed by atoms with E-state index in [-0.39, 0.29) is 55.5 Å². The predicted octanol–water partition coefficient (Wildman–Crippen LogP) is 3.87. The number of halogens is 2. The van der Waals surface area contributed by atoms with Crippen LogP contribution in [0.5, 0.6) is 0 Å². The SMILES string of the molecule is O=C(OCC(COC(=O)C12CC3CC(CC(O)(C3)C1)C2)OC(=O)C12CC3CC(CC(O)(C3)C1)C2)C12CC3CC(C1)C(OC(=O)C(F)(F)S(=O)(=O)O)C(C3)C2. The second-order valence-electron chi connectivity index (χ2n) is 19.8. The molecule has 12 saturated carbocycles. The van der Waals surface area contributed by atoms with E-state index in [9.17, 15) is 46.6 Å². The maximum absolute atomic E-state index is 14.1. The molecule has 7 atom stereocenters. The lowest BCUT2D eigenvalue weighted by atomic mass is 9.48. The average Bonchev–Trinajstić information content (AvgIpc) is 3.04. The molecule has 0 amide bonds. The lowest BCUT2D eigenvalue weighted by molar-refractivity contribution is -0.213. The summed E-state index contributed by atoms with van der Waals surface area (Å²) in [6, 6.07) is 0. The van der Waals surface area contributed by atoms with Gasteiger partial charge in [0, 0.05) is 0 Å². The van der Waals surface area contributed by atoms with Gasteiger partial charge in [0.05, 0.1) is 27.4 Å². The third-order valence-electron chi connectivity index (χ3n) is 15.4. The lowest BCUT2D eigenvalue weighted by Gasteiger charge is -2.59. The maximum Gasteiger partial charge on any atom is 0.465 e. The summed E-state index contributed by atoms with van der Waals surface area (Å²) in [5.74, 6) is -4.03. The summed E-state index contributed by atoms with van der Waals surface area (Å²) in [5.41, 5.74) is -4.56. The Morgan fingerprint density at radius 1 is 0.630 bits per heavy atom.